The Hall–Kier alpha value is -2.28. The highest BCUT2D eigenvalue weighted by atomic mass is 16.1. The van der Waals surface area contributed by atoms with Gasteiger partial charge >= 0.3 is 0 Å². The van der Waals surface area contributed by atoms with Crippen LogP contribution in [0.4, 0.5) is 5.69 Å². The van der Waals surface area contributed by atoms with Crippen molar-refractivity contribution >= 4 is 11.6 Å². The van der Waals surface area contributed by atoms with Crippen molar-refractivity contribution in [2.24, 2.45) is 0 Å². The number of nitrogens with zero attached hydrogens (tertiary/aromatic N) is 3. The van der Waals surface area contributed by atoms with Crippen molar-refractivity contribution in [1.29, 1.82) is 0 Å². The van der Waals surface area contributed by atoms with E-state index in [1.54, 1.807) is 0 Å². The van der Waals surface area contributed by atoms with Gasteiger partial charge in [0.25, 0.3) is 0 Å². The molecule has 0 aliphatic carbocycles. The number of aromatic nitrogens is 4. The normalized spacial score (nSPS) is 12.4. The van der Waals surface area contributed by atoms with Gasteiger partial charge in [-0.1, -0.05) is 31.2 Å². The van der Waals surface area contributed by atoms with Gasteiger partial charge in [0.05, 0.1) is 6.04 Å². The van der Waals surface area contributed by atoms with Crippen LogP contribution in [0.3, 0.4) is 0 Å². The second-order valence-corrected chi connectivity index (χ2v) is 5.52. The minimum atomic E-state index is -0.0446. The van der Waals surface area contributed by atoms with Gasteiger partial charge in [0.1, 0.15) is 0 Å². The molecular formula is C15H22N6O. The molecule has 2 aromatic rings. The van der Waals surface area contributed by atoms with Crippen LogP contribution in [0.1, 0.15) is 50.5 Å². The lowest BCUT2D eigenvalue weighted by Gasteiger charge is -2.10. The Labute approximate surface area is 129 Å². The number of tetrazole rings is 1. The lowest BCUT2D eigenvalue weighted by molar-refractivity contribution is -0.116. The minimum absolute atomic E-state index is 0.0230. The number of anilines is 1. The number of hydrogen-bond donors (Lipinski definition) is 3. The molecule has 118 valence electrons. The van der Waals surface area contributed by atoms with E-state index in [9.17, 15) is 4.79 Å². The summed E-state index contributed by atoms with van der Waals surface area (Å²) in [5.74, 6) is 1.05. The third-order valence-corrected chi connectivity index (χ3v) is 3.41. The van der Waals surface area contributed by atoms with Crippen LogP contribution in [0.2, 0.25) is 0 Å². The first-order chi connectivity index (χ1) is 10.6. The van der Waals surface area contributed by atoms with Crippen LogP contribution < -0.4 is 10.6 Å². The SMILES string of the molecule is CC(C)c1ccc(NC(=O)CCNC(C)c2nn[nH]n2)cc1. The summed E-state index contributed by atoms with van der Waals surface area (Å²) >= 11 is 0. The second kappa shape index (κ2) is 7.65. The molecule has 0 saturated heterocycles. The maximum atomic E-state index is 11.9. The summed E-state index contributed by atoms with van der Waals surface area (Å²) in [4.78, 5) is 11.9. The fourth-order valence-corrected chi connectivity index (χ4v) is 2.02. The molecule has 0 saturated carbocycles. The number of H-pyrrole nitrogens is 1. The van der Waals surface area contributed by atoms with E-state index in [0.717, 1.165) is 5.69 Å². The van der Waals surface area contributed by atoms with E-state index in [0.29, 0.717) is 24.7 Å². The molecule has 7 heteroatoms. The number of rotatable bonds is 7. The van der Waals surface area contributed by atoms with Crippen LogP contribution in [-0.2, 0) is 4.79 Å². The van der Waals surface area contributed by atoms with Crippen LogP contribution in [0.15, 0.2) is 24.3 Å². The fourth-order valence-electron chi connectivity index (χ4n) is 2.02. The van der Waals surface area contributed by atoms with Gasteiger partial charge in [0.15, 0.2) is 5.82 Å². The number of carbonyl (C=O) groups is 1. The van der Waals surface area contributed by atoms with E-state index < -0.39 is 0 Å². The molecule has 1 heterocycles. The molecule has 0 fully saturated rings. The molecule has 0 bridgehead atoms. The number of carbonyl (C=O) groups excluding carboxylic acids is 1. The van der Waals surface area contributed by atoms with Gasteiger partial charge in [0.2, 0.25) is 5.91 Å². The highest BCUT2D eigenvalue weighted by Gasteiger charge is 2.10. The van der Waals surface area contributed by atoms with Crippen LogP contribution >= 0.6 is 0 Å². The lowest BCUT2D eigenvalue weighted by atomic mass is 10.0. The van der Waals surface area contributed by atoms with E-state index in [2.05, 4.69) is 45.1 Å². The van der Waals surface area contributed by atoms with Crippen molar-refractivity contribution in [2.75, 3.05) is 11.9 Å². The van der Waals surface area contributed by atoms with Crippen molar-refractivity contribution in [3.63, 3.8) is 0 Å². The van der Waals surface area contributed by atoms with E-state index >= 15 is 0 Å². The molecule has 1 amide bonds. The number of aromatic amines is 1. The van der Waals surface area contributed by atoms with Crippen molar-refractivity contribution in [2.45, 2.75) is 39.2 Å². The second-order valence-electron chi connectivity index (χ2n) is 5.52. The summed E-state index contributed by atoms with van der Waals surface area (Å²) in [7, 11) is 0. The lowest BCUT2D eigenvalue weighted by Crippen LogP contribution is -2.25. The monoisotopic (exact) mass is 302 g/mol. The zero-order valence-electron chi connectivity index (χ0n) is 13.1. The van der Waals surface area contributed by atoms with Gasteiger partial charge in [0, 0.05) is 18.7 Å². The average molecular weight is 302 g/mol. The maximum absolute atomic E-state index is 11.9. The fraction of sp³-hybridized carbons (Fsp3) is 0.467. The topological polar surface area (TPSA) is 95.6 Å². The Morgan fingerprint density at radius 1 is 1.23 bits per heavy atom. The summed E-state index contributed by atoms with van der Waals surface area (Å²) in [6.45, 7) is 6.76. The molecule has 0 aliphatic rings. The first kappa shape index (κ1) is 16.1. The summed E-state index contributed by atoms with van der Waals surface area (Å²) in [6.07, 6.45) is 0.383. The van der Waals surface area contributed by atoms with Gasteiger partial charge < -0.3 is 10.6 Å². The highest BCUT2D eigenvalue weighted by Crippen LogP contribution is 2.17. The van der Waals surface area contributed by atoms with E-state index in [4.69, 9.17) is 0 Å². The van der Waals surface area contributed by atoms with E-state index in [-0.39, 0.29) is 11.9 Å². The average Bonchev–Trinajstić information content (AvgIpc) is 3.02. The van der Waals surface area contributed by atoms with E-state index in [1.807, 2.05) is 31.2 Å². The Kier molecular flexibility index (Phi) is 5.60. The molecule has 3 N–H and O–H groups in total. The molecular weight excluding hydrogens is 280 g/mol. The molecule has 2 rings (SSSR count). The van der Waals surface area contributed by atoms with Crippen LogP contribution in [0, 0.1) is 0 Å². The van der Waals surface area contributed by atoms with Crippen LogP contribution in [0.5, 0.6) is 0 Å². The zero-order valence-corrected chi connectivity index (χ0v) is 13.1. The first-order valence-corrected chi connectivity index (χ1v) is 7.43. The third-order valence-electron chi connectivity index (χ3n) is 3.41. The zero-order chi connectivity index (χ0) is 15.9. The molecule has 0 aliphatic heterocycles. The third kappa shape index (κ3) is 4.63. The van der Waals surface area contributed by atoms with Gasteiger partial charge in [-0.15, -0.1) is 10.2 Å². The molecule has 7 nitrogen and oxygen atoms in total. The smallest absolute Gasteiger partial charge is 0.225 e. The quantitative estimate of drug-likeness (QED) is 0.727. The summed E-state index contributed by atoms with van der Waals surface area (Å²) in [6, 6.07) is 7.90. The van der Waals surface area contributed by atoms with Gasteiger partial charge in [-0.25, -0.2) is 0 Å². The largest absolute Gasteiger partial charge is 0.326 e. The Morgan fingerprint density at radius 2 is 1.95 bits per heavy atom. The molecule has 22 heavy (non-hydrogen) atoms. The Balaban J connectivity index is 1.73. The van der Waals surface area contributed by atoms with Crippen molar-refractivity contribution in [3.8, 4) is 0 Å². The van der Waals surface area contributed by atoms with Crippen LogP contribution in [-0.4, -0.2) is 33.1 Å². The van der Waals surface area contributed by atoms with Crippen molar-refractivity contribution in [1.82, 2.24) is 25.9 Å². The number of hydrogen-bond acceptors (Lipinski definition) is 5. The van der Waals surface area contributed by atoms with Crippen molar-refractivity contribution in [3.05, 3.63) is 35.7 Å². The van der Waals surface area contributed by atoms with E-state index in [1.165, 1.54) is 5.56 Å². The predicted octanol–water partition coefficient (Wildman–Crippen LogP) is 2.00. The molecule has 1 unspecified atom stereocenters. The standard InChI is InChI=1S/C15H22N6O/c1-10(2)12-4-6-13(7-5-12)17-14(22)8-9-16-11(3)15-18-20-21-19-15/h4-7,10-11,16H,8-9H2,1-3H3,(H,17,22)(H,18,19,20,21). The number of nitrogens with one attached hydrogen (secondary N) is 3. The molecule has 1 atom stereocenters. The predicted molar refractivity (Wildman–Crippen MR) is 84.4 cm³/mol. The Bertz CT molecular complexity index is 579. The highest BCUT2D eigenvalue weighted by molar-refractivity contribution is 5.90. The number of amides is 1. The number of benzene rings is 1. The van der Waals surface area contributed by atoms with Gasteiger partial charge in [-0.2, -0.15) is 5.21 Å². The summed E-state index contributed by atoms with van der Waals surface area (Å²) in [5, 5.41) is 19.8. The van der Waals surface area contributed by atoms with Gasteiger partial charge in [-0.05, 0) is 30.5 Å². The summed E-state index contributed by atoms with van der Waals surface area (Å²) < 4.78 is 0. The molecule has 1 aromatic carbocycles. The minimum Gasteiger partial charge on any atom is -0.326 e. The molecule has 0 radical (unpaired) electrons. The van der Waals surface area contributed by atoms with Crippen LogP contribution in [0.25, 0.3) is 0 Å². The molecule has 1 aromatic heterocycles. The molecule has 0 spiro atoms. The van der Waals surface area contributed by atoms with Gasteiger partial charge in [-0.3, -0.25) is 4.79 Å². The summed E-state index contributed by atoms with van der Waals surface area (Å²) in [5.41, 5.74) is 2.08. The Morgan fingerprint density at radius 3 is 2.55 bits per heavy atom. The first-order valence-electron chi connectivity index (χ1n) is 7.43. The van der Waals surface area contributed by atoms with Crippen molar-refractivity contribution < 1.29 is 4.79 Å². The maximum Gasteiger partial charge on any atom is 0.225 e.